The Morgan fingerprint density at radius 1 is 1.04 bits per heavy atom. The Balaban J connectivity index is 1.60. The molecule has 1 heterocycles. The Kier molecular flexibility index (Phi) is 5.78. The van der Waals surface area contributed by atoms with Gasteiger partial charge in [-0.15, -0.1) is 10.2 Å². The minimum atomic E-state index is -0.281. The molecule has 0 spiro atoms. The zero-order chi connectivity index (χ0) is 20.1. The Labute approximate surface area is 163 Å². The zero-order valence-corrected chi connectivity index (χ0v) is 16.1. The molecular weight excluding hydrogens is 356 g/mol. The van der Waals surface area contributed by atoms with Crippen molar-refractivity contribution >= 4 is 17.5 Å². The highest BCUT2D eigenvalue weighted by molar-refractivity contribution is 5.95. The maximum atomic E-state index is 12.2. The molecule has 0 aliphatic heterocycles. The summed E-state index contributed by atoms with van der Waals surface area (Å²) in [7, 11) is 3.38. The van der Waals surface area contributed by atoms with E-state index in [2.05, 4.69) is 27.7 Å². The first-order chi connectivity index (χ1) is 13.5. The molecule has 0 bridgehead atoms. The maximum absolute atomic E-state index is 12.2. The topological polar surface area (TPSA) is 93.0 Å². The van der Waals surface area contributed by atoms with Crippen LogP contribution in [0.2, 0.25) is 0 Å². The van der Waals surface area contributed by atoms with E-state index < -0.39 is 0 Å². The van der Waals surface area contributed by atoms with E-state index in [-0.39, 0.29) is 18.4 Å². The second kappa shape index (κ2) is 8.43. The van der Waals surface area contributed by atoms with E-state index in [4.69, 9.17) is 0 Å². The third kappa shape index (κ3) is 4.59. The maximum Gasteiger partial charge on any atom is 0.253 e. The molecular formula is C20H22N6O2. The fraction of sp³-hybridized carbons (Fsp3) is 0.250. The number of rotatable bonds is 6. The predicted octanol–water partition coefficient (Wildman–Crippen LogP) is 2.24. The molecule has 2 amide bonds. The standard InChI is InChI=1S/C20H22N6O2/c1-4-14-5-7-15(8-6-14)19-22-24-26(23-19)13-18(27)21-17-11-9-16(10-12-17)20(28)25(2)3/h5-12H,4,13H2,1-3H3,(H,21,27). The van der Waals surface area contributed by atoms with Crippen LogP contribution in [0.1, 0.15) is 22.8 Å². The minimum absolute atomic E-state index is 0.0571. The van der Waals surface area contributed by atoms with Gasteiger partial charge in [0, 0.05) is 30.9 Å². The molecule has 8 heteroatoms. The summed E-state index contributed by atoms with van der Waals surface area (Å²) in [5, 5.41) is 15.0. The fourth-order valence-corrected chi connectivity index (χ4v) is 2.60. The van der Waals surface area contributed by atoms with Crippen LogP contribution in [-0.4, -0.2) is 51.0 Å². The van der Waals surface area contributed by atoms with Crippen LogP contribution in [0.25, 0.3) is 11.4 Å². The highest BCUT2D eigenvalue weighted by Gasteiger charge is 2.11. The van der Waals surface area contributed by atoms with E-state index in [9.17, 15) is 9.59 Å². The first kappa shape index (κ1) is 19.2. The normalized spacial score (nSPS) is 10.5. The Hall–Kier alpha value is -3.55. The number of aryl methyl sites for hydroxylation is 1. The van der Waals surface area contributed by atoms with E-state index in [1.165, 1.54) is 15.3 Å². The number of hydrogen-bond donors (Lipinski definition) is 1. The van der Waals surface area contributed by atoms with Gasteiger partial charge in [0.15, 0.2) is 0 Å². The summed E-state index contributed by atoms with van der Waals surface area (Å²) in [6, 6.07) is 14.6. The number of amides is 2. The number of carbonyl (C=O) groups excluding carboxylic acids is 2. The summed E-state index contributed by atoms with van der Waals surface area (Å²) in [6.45, 7) is 2.04. The van der Waals surface area contributed by atoms with E-state index in [0.717, 1.165) is 12.0 Å². The van der Waals surface area contributed by atoms with Gasteiger partial charge < -0.3 is 10.2 Å². The predicted molar refractivity (Wildman–Crippen MR) is 106 cm³/mol. The number of tetrazole rings is 1. The lowest BCUT2D eigenvalue weighted by Gasteiger charge is -2.10. The number of nitrogens with zero attached hydrogens (tertiary/aromatic N) is 5. The Bertz CT molecular complexity index is 961. The molecule has 3 aromatic rings. The molecule has 1 aromatic heterocycles. The lowest BCUT2D eigenvalue weighted by molar-refractivity contribution is -0.117. The SMILES string of the molecule is CCc1ccc(-c2nnn(CC(=O)Nc3ccc(C(=O)N(C)C)cc3)n2)cc1. The van der Waals surface area contributed by atoms with Gasteiger partial charge >= 0.3 is 0 Å². The molecule has 0 aliphatic rings. The number of nitrogens with one attached hydrogen (secondary N) is 1. The van der Waals surface area contributed by atoms with Crippen LogP contribution < -0.4 is 5.32 Å². The van der Waals surface area contributed by atoms with Crippen molar-refractivity contribution in [3.63, 3.8) is 0 Å². The number of benzene rings is 2. The Morgan fingerprint density at radius 2 is 1.71 bits per heavy atom. The highest BCUT2D eigenvalue weighted by Crippen LogP contribution is 2.15. The molecule has 0 radical (unpaired) electrons. The lowest BCUT2D eigenvalue weighted by atomic mass is 10.1. The number of carbonyl (C=O) groups is 2. The number of hydrogen-bond acceptors (Lipinski definition) is 5. The van der Waals surface area contributed by atoms with Crippen molar-refractivity contribution in [2.45, 2.75) is 19.9 Å². The quantitative estimate of drug-likeness (QED) is 0.710. The second-order valence-electron chi connectivity index (χ2n) is 6.52. The molecule has 28 heavy (non-hydrogen) atoms. The lowest BCUT2D eigenvalue weighted by Crippen LogP contribution is -2.22. The van der Waals surface area contributed by atoms with Crippen molar-refractivity contribution in [3.8, 4) is 11.4 Å². The van der Waals surface area contributed by atoms with Gasteiger partial charge in [-0.05, 0) is 41.5 Å². The first-order valence-corrected chi connectivity index (χ1v) is 8.95. The highest BCUT2D eigenvalue weighted by atomic mass is 16.2. The van der Waals surface area contributed by atoms with E-state index in [1.54, 1.807) is 38.4 Å². The minimum Gasteiger partial charge on any atom is -0.345 e. The van der Waals surface area contributed by atoms with Gasteiger partial charge in [0.1, 0.15) is 6.54 Å². The molecule has 0 atom stereocenters. The van der Waals surface area contributed by atoms with Crippen molar-refractivity contribution in [2.75, 3.05) is 19.4 Å². The molecule has 0 saturated carbocycles. The molecule has 8 nitrogen and oxygen atoms in total. The molecule has 0 unspecified atom stereocenters. The van der Waals surface area contributed by atoms with Crippen LogP contribution in [0.15, 0.2) is 48.5 Å². The first-order valence-electron chi connectivity index (χ1n) is 8.95. The third-order valence-electron chi connectivity index (χ3n) is 4.18. The van der Waals surface area contributed by atoms with Crippen molar-refractivity contribution in [2.24, 2.45) is 0 Å². The van der Waals surface area contributed by atoms with Crippen LogP contribution in [0.5, 0.6) is 0 Å². The van der Waals surface area contributed by atoms with Crippen LogP contribution in [0, 0.1) is 0 Å². The van der Waals surface area contributed by atoms with E-state index >= 15 is 0 Å². The summed E-state index contributed by atoms with van der Waals surface area (Å²) < 4.78 is 0. The smallest absolute Gasteiger partial charge is 0.253 e. The van der Waals surface area contributed by atoms with Gasteiger partial charge in [-0.1, -0.05) is 31.2 Å². The summed E-state index contributed by atoms with van der Waals surface area (Å²) >= 11 is 0. The fourth-order valence-electron chi connectivity index (χ4n) is 2.60. The molecule has 2 aromatic carbocycles. The third-order valence-corrected chi connectivity index (χ3v) is 4.18. The summed E-state index contributed by atoms with van der Waals surface area (Å²) in [5.41, 5.74) is 3.23. The molecule has 0 aliphatic carbocycles. The molecule has 3 rings (SSSR count). The van der Waals surface area contributed by atoms with Crippen molar-refractivity contribution in [1.29, 1.82) is 0 Å². The molecule has 1 N–H and O–H groups in total. The van der Waals surface area contributed by atoms with Crippen LogP contribution >= 0.6 is 0 Å². The molecule has 144 valence electrons. The van der Waals surface area contributed by atoms with Crippen LogP contribution in [0.3, 0.4) is 0 Å². The molecule has 0 fully saturated rings. The van der Waals surface area contributed by atoms with Gasteiger partial charge in [-0.3, -0.25) is 9.59 Å². The van der Waals surface area contributed by atoms with Gasteiger partial charge in [0.2, 0.25) is 11.7 Å². The van der Waals surface area contributed by atoms with Crippen LogP contribution in [0.4, 0.5) is 5.69 Å². The number of anilines is 1. The number of aromatic nitrogens is 4. The van der Waals surface area contributed by atoms with Crippen LogP contribution in [-0.2, 0) is 17.8 Å². The van der Waals surface area contributed by atoms with Gasteiger partial charge in [0.25, 0.3) is 5.91 Å². The summed E-state index contributed by atoms with van der Waals surface area (Å²) in [4.78, 5) is 26.9. The summed E-state index contributed by atoms with van der Waals surface area (Å²) in [5.74, 6) is 0.100. The Morgan fingerprint density at radius 3 is 2.32 bits per heavy atom. The zero-order valence-electron chi connectivity index (χ0n) is 16.1. The molecule has 0 saturated heterocycles. The van der Waals surface area contributed by atoms with Gasteiger partial charge in [-0.25, -0.2) is 0 Å². The summed E-state index contributed by atoms with van der Waals surface area (Å²) in [6.07, 6.45) is 0.963. The van der Waals surface area contributed by atoms with E-state index in [0.29, 0.717) is 17.1 Å². The average Bonchev–Trinajstić information content (AvgIpc) is 3.16. The van der Waals surface area contributed by atoms with Crippen molar-refractivity contribution < 1.29 is 9.59 Å². The van der Waals surface area contributed by atoms with Crippen molar-refractivity contribution in [3.05, 3.63) is 59.7 Å². The van der Waals surface area contributed by atoms with E-state index in [1.807, 2.05) is 24.3 Å². The van der Waals surface area contributed by atoms with Gasteiger partial charge in [-0.2, -0.15) is 4.80 Å². The average molecular weight is 378 g/mol. The largest absolute Gasteiger partial charge is 0.345 e. The monoisotopic (exact) mass is 378 g/mol. The second-order valence-corrected chi connectivity index (χ2v) is 6.52. The van der Waals surface area contributed by atoms with Crippen molar-refractivity contribution in [1.82, 2.24) is 25.1 Å². The van der Waals surface area contributed by atoms with Gasteiger partial charge in [0.05, 0.1) is 0 Å².